The van der Waals surface area contributed by atoms with E-state index in [1.165, 1.54) is 94.0 Å². The quantitative estimate of drug-likeness (QED) is 0.147. The van der Waals surface area contributed by atoms with E-state index in [1.54, 1.807) is 29.0 Å². The second-order valence-electron chi connectivity index (χ2n) is 15.0. The molecule has 9 rings (SSSR count). The third-order valence-electron chi connectivity index (χ3n) is 11.0. The first kappa shape index (κ1) is 39.1. The molecule has 7 aromatic rings. The van der Waals surface area contributed by atoms with Crippen molar-refractivity contribution in [2.75, 3.05) is 39.3 Å². The van der Waals surface area contributed by atoms with Crippen LogP contribution in [-0.4, -0.2) is 86.7 Å². The highest BCUT2D eigenvalue weighted by Gasteiger charge is 2.15. The third kappa shape index (κ3) is 9.68. The summed E-state index contributed by atoms with van der Waals surface area (Å²) in [4.78, 5) is 14.3. The van der Waals surface area contributed by atoms with Gasteiger partial charge in [0, 0.05) is 54.6 Å². The van der Waals surface area contributed by atoms with Gasteiger partial charge in [0.15, 0.2) is 11.3 Å². The molecule has 0 unspecified atom stereocenters. The first-order valence-corrected chi connectivity index (χ1v) is 22.2. The first-order valence-electron chi connectivity index (χ1n) is 19.9. The molecule has 4 aromatic heterocycles. The Morgan fingerprint density at radius 3 is 1.63 bits per heavy atom. The van der Waals surface area contributed by atoms with Crippen molar-refractivity contribution in [3.63, 3.8) is 0 Å². The molecule has 294 valence electrons. The number of piperidine rings is 2. The minimum atomic E-state index is -3.78. The van der Waals surface area contributed by atoms with Crippen molar-refractivity contribution in [2.24, 2.45) is 5.14 Å². The van der Waals surface area contributed by atoms with Crippen LogP contribution in [0.5, 0.6) is 0 Å². The number of nitrogens with zero attached hydrogens (tertiary/aromatic N) is 8. The molecular weight excluding hydrogens is 799 g/mol. The fourth-order valence-electron chi connectivity index (χ4n) is 7.73. The number of primary sulfonamides is 1. The monoisotopic (exact) mass is 845 g/mol. The van der Waals surface area contributed by atoms with Gasteiger partial charge < -0.3 is 9.80 Å². The van der Waals surface area contributed by atoms with Crippen molar-refractivity contribution in [1.82, 2.24) is 39.0 Å². The topological polar surface area (TPSA) is 127 Å². The lowest BCUT2D eigenvalue weighted by molar-refractivity contribution is 0.231. The first-order chi connectivity index (χ1) is 27.8. The summed E-state index contributed by atoms with van der Waals surface area (Å²) in [5.74, 6) is 0. The molecule has 0 radical (unpaired) electrons. The molecule has 0 bridgehead atoms. The van der Waals surface area contributed by atoms with Gasteiger partial charge in [0.05, 0.1) is 21.8 Å². The number of fused-ring (bicyclic) bond motifs is 2. The van der Waals surface area contributed by atoms with Crippen LogP contribution in [-0.2, 0) is 22.9 Å². The number of halogens is 1. The molecule has 2 fully saturated rings. The minimum Gasteiger partial charge on any atom is -0.303 e. The van der Waals surface area contributed by atoms with E-state index in [4.69, 9.17) is 5.14 Å². The Bertz CT molecular complexity index is 2540. The molecule has 2 N–H and O–H groups in total. The maximum absolute atomic E-state index is 11.7. The molecule has 2 aliphatic heterocycles. The van der Waals surface area contributed by atoms with Crippen LogP contribution >= 0.6 is 15.9 Å². The normalized spacial score (nSPS) is 15.5. The number of benzene rings is 3. The summed E-state index contributed by atoms with van der Waals surface area (Å²) in [5, 5.41) is 14.0. The number of likely N-dealkylation sites (tertiary alicyclic amines) is 2. The summed E-state index contributed by atoms with van der Waals surface area (Å²) in [6, 6.07) is 24.0. The van der Waals surface area contributed by atoms with E-state index < -0.39 is 10.0 Å². The average molecular weight is 847 g/mol. The molecule has 0 aliphatic carbocycles. The van der Waals surface area contributed by atoms with Gasteiger partial charge in [-0.1, -0.05) is 73.5 Å². The lowest BCUT2D eigenvalue weighted by atomic mass is 10.0. The molecule has 57 heavy (non-hydrogen) atoms. The smallest absolute Gasteiger partial charge is 0.238 e. The van der Waals surface area contributed by atoms with Gasteiger partial charge in [-0.3, -0.25) is 0 Å². The van der Waals surface area contributed by atoms with Crippen LogP contribution in [0.2, 0.25) is 0 Å². The van der Waals surface area contributed by atoms with Crippen LogP contribution in [0.25, 0.3) is 44.7 Å². The summed E-state index contributed by atoms with van der Waals surface area (Å²) in [6.07, 6.45) is 21.5. The second kappa shape index (κ2) is 17.8. The second-order valence-corrected chi connectivity index (χ2v) is 17.5. The Morgan fingerprint density at radius 2 is 1.09 bits per heavy atom. The van der Waals surface area contributed by atoms with Crippen molar-refractivity contribution >= 4 is 37.2 Å². The lowest BCUT2D eigenvalue weighted by Crippen LogP contribution is -2.31. The zero-order chi connectivity index (χ0) is 39.2. The van der Waals surface area contributed by atoms with Gasteiger partial charge >= 0.3 is 0 Å². The zero-order valence-corrected chi connectivity index (χ0v) is 34.5. The van der Waals surface area contributed by atoms with Gasteiger partial charge in [-0.25, -0.2) is 32.6 Å². The van der Waals surface area contributed by atoms with Crippen molar-refractivity contribution in [3.05, 3.63) is 126 Å². The van der Waals surface area contributed by atoms with E-state index in [2.05, 4.69) is 94.4 Å². The summed E-state index contributed by atoms with van der Waals surface area (Å²) >= 11 is 3.46. The van der Waals surface area contributed by atoms with Gasteiger partial charge in [-0.05, 0) is 121 Å². The Kier molecular flexibility index (Phi) is 12.2. The van der Waals surface area contributed by atoms with Crippen LogP contribution in [0.15, 0.2) is 119 Å². The summed E-state index contributed by atoms with van der Waals surface area (Å²) in [5.41, 5.74) is 10.0. The van der Waals surface area contributed by atoms with E-state index in [1.807, 2.05) is 35.4 Å². The number of nitrogens with two attached hydrogens (primary N) is 1. The zero-order valence-electron chi connectivity index (χ0n) is 32.0. The van der Waals surface area contributed by atoms with Gasteiger partial charge in [-0.2, -0.15) is 10.2 Å². The van der Waals surface area contributed by atoms with Crippen molar-refractivity contribution in [3.8, 4) is 33.4 Å². The van der Waals surface area contributed by atoms with Crippen LogP contribution in [0.4, 0.5) is 0 Å². The predicted octanol–water partition coefficient (Wildman–Crippen LogP) is 7.93. The molecule has 0 atom stereocenters. The fraction of sp³-hybridized carbons (Fsp3) is 0.318. The van der Waals surface area contributed by atoms with E-state index in [0.717, 1.165) is 51.8 Å². The Hall–Kier alpha value is -4.79. The fourth-order valence-corrected chi connectivity index (χ4v) is 8.67. The number of aromatic nitrogens is 6. The molecule has 11 nitrogen and oxygen atoms in total. The third-order valence-corrected chi connectivity index (χ3v) is 12.5. The van der Waals surface area contributed by atoms with Crippen LogP contribution in [0, 0.1) is 0 Å². The highest BCUT2D eigenvalue weighted by molar-refractivity contribution is 9.10. The Morgan fingerprint density at radius 1 is 0.579 bits per heavy atom. The molecule has 6 heterocycles. The SMILES string of the molecule is Brc1cnn2cc(-c3ccc(CCN4CCCCC4)cc3)cnc12.NS(=O)(=O)c1cccc(-c2cnn3cc(-c4ccc(CCN5CCCCC5)cc4)cnc23)c1. The predicted molar refractivity (Wildman–Crippen MR) is 229 cm³/mol. The van der Waals surface area contributed by atoms with Crippen LogP contribution in [0.3, 0.4) is 0 Å². The van der Waals surface area contributed by atoms with E-state index in [-0.39, 0.29) is 4.90 Å². The van der Waals surface area contributed by atoms with E-state index >= 15 is 0 Å². The number of hydrogen-bond acceptors (Lipinski definition) is 8. The summed E-state index contributed by atoms with van der Waals surface area (Å²) in [7, 11) is -3.78. The highest BCUT2D eigenvalue weighted by Crippen LogP contribution is 2.28. The van der Waals surface area contributed by atoms with Crippen molar-refractivity contribution in [1.29, 1.82) is 0 Å². The summed E-state index contributed by atoms with van der Waals surface area (Å²) in [6.45, 7) is 7.28. The average Bonchev–Trinajstić information content (AvgIpc) is 3.86. The molecule has 0 spiro atoms. The maximum atomic E-state index is 11.7. The minimum absolute atomic E-state index is 0.0661. The molecule has 3 aromatic carbocycles. The summed E-state index contributed by atoms with van der Waals surface area (Å²) < 4.78 is 27.9. The maximum Gasteiger partial charge on any atom is 0.238 e. The van der Waals surface area contributed by atoms with Crippen molar-refractivity contribution in [2.45, 2.75) is 56.3 Å². The molecule has 2 aliphatic rings. The lowest BCUT2D eigenvalue weighted by Gasteiger charge is -2.26. The van der Waals surface area contributed by atoms with E-state index in [9.17, 15) is 8.42 Å². The number of sulfonamides is 1. The molecule has 0 saturated carbocycles. The molecule has 13 heteroatoms. The standard InChI is InChI=1S/C25H27N5O2S.C19H21BrN4/c26-33(31,32)23-6-4-5-21(15-23)24-17-28-30-18-22(16-27-25(24)30)20-9-7-19(8-10-20)11-14-29-12-2-1-3-13-29;20-18-13-22-24-14-17(12-21-19(18)24)16-6-4-15(5-7-16)8-11-23-9-2-1-3-10-23/h4-10,15-18H,1-3,11-14H2,(H2,26,31,32);4-7,12-14H,1-3,8-11H2. The number of rotatable bonds is 10. The van der Waals surface area contributed by atoms with Crippen LogP contribution < -0.4 is 5.14 Å². The molecule has 0 amide bonds. The van der Waals surface area contributed by atoms with Crippen molar-refractivity contribution < 1.29 is 8.42 Å². The van der Waals surface area contributed by atoms with E-state index in [0.29, 0.717) is 11.2 Å². The molecular formula is C44H48BrN9O2S. The Balaban J connectivity index is 0.000000168. The van der Waals surface area contributed by atoms with Gasteiger partial charge in [0.2, 0.25) is 10.0 Å². The van der Waals surface area contributed by atoms with Gasteiger partial charge in [-0.15, -0.1) is 0 Å². The largest absolute Gasteiger partial charge is 0.303 e. The number of hydrogen-bond donors (Lipinski definition) is 1. The van der Waals surface area contributed by atoms with Crippen LogP contribution in [0.1, 0.15) is 49.7 Å². The Labute approximate surface area is 342 Å². The molecule has 2 saturated heterocycles. The van der Waals surface area contributed by atoms with Gasteiger partial charge in [0.25, 0.3) is 0 Å². The van der Waals surface area contributed by atoms with Gasteiger partial charge in [0.1, 0.15) is 0 Å². The highest BCUT2D eigenvalue weighted by atomic mass is 79.9.